The average Bonchev–Trinajstić information content (AvgIpc) is 2.96. The van der Waals surface area contributed by atoms with Gasteiger partial charge in [0.2, 0.25) is 0 Å². The maximum Gasteiger partial charge on any atom is 0.416 e. The highest BCUT2D eigenvalue weighted by Crippen LogP contribution is 2.32. The monoisotopic (exact) mass is 428 g/mol. The number of carbonyl (C=O) groups excluding carboxylic acids is 1. The fourth-order valence-corrected chi connectivity index (χ4v) is 3.92. The van der Waals surface area contributed by atoms with Crippen molar-refractivity contribution in [2.24, 2.45) is 4.99 Å². The summed E-state index contributed by atoms with van der Waals surface area (Å²) in [6.07, 6.45) is 0.830. The number of hydrogen-bond donors (Lipinski definition) is 0. The maximum absolute atomic E-state index is 12.9. The first-order valence-corrected chi connectivity index (χ1v) is 8.96. The molecule has 0 bridgehead atoms. The van der Waals surface area contributed by atoms with E-state index in [1.54, 1.807) is 12.1 Å². The molecule has 2 aromatic carbocycles. The highest BCUT2D eigenvalue weighted by atomic mass is 35.5. The largest absolute Gasteiger partial charge is 0.416 e. The van der Waals surface area contributed by atoms with E-state index in [1.165, 1.54) is 10.6 Å². The lowest BCUT2D eigenvalue weighted by molar-refractivity contribution is -0.137. The molecule has 138 valence electrons. The van der Waals surface area contributed by atoms with Crippen molar-refractivity contribution in [3.63, 3.8) is 0 Å². The lowest BCUT2D eigenvalue weighted by atomic mass is 10.1. The molecule has 0 aliphatic carbocycles. The molecule has 0 fully saturated rings. The van der Waals surface area contributed by atoms with E-state index in [4.69, 9.17) is 29.6 Å². The van der Waals surface area contributed by atoms with Gasteiger partial charge in [-0.1, -0.05) is 46.5 Å². The van der Waals surface area contributed by atoms with Crippen molar-refractivity contribution in [1.82, 2.24) is 4.57 Å². The molecule has 27 heavy (non-hydrogen) atoms. The molecular weight excluding hydrogens is 420 g/mol. The number of terminal acetylenes is 1. The van der Waals surface area contributed by atoms with Crippen LogP contribution in [0.4, 0.5) is 13.2 Å². The summed E-state index contributed by atoms with van der Waals surface area (Å²) in [5, 5.41) is 0.567. The Morgan fingerprint density at radius 1 is 1.26 bits per heavy atom. The minimum atomic E-state index is -4.55. The van der Waals surface area contributed by atoms with Gasteiger partial charge in [-0.2, -0.15) is 18.2 Å². The molecular formula is C18H9Cl2F3N2OS. The molecule has 1 aromatic heterocycles. The topological polar surface area (TPSA) is 34.4 Å². The van der Waals surface area contributed by atoms with Crippen LogP contribution in [0.15, 0.2) is 41.4 Å². The Kier molecular flexibility index (Phi) is 5.33. The minimum Gasteiger partial charge on any atom is -0.303 e. The van der Waals surface area contributed by atoms with Crippen molar-refractivity contribution >= 4 is 50.7 Å². The first-order chi connectivity index (χ1) is 12.7. The van der Waals surface area contributed by atoms with E-state index in [1.807, 2.05) is 0 Å². The molecule has 0 aliphatic rings. The van der Waals surface area contributed by atoms with Gasteiger partial charge in [0.25, 0.3) is 5.91 Å². The second-order valence-corrected chi connectivity index (χ2v) is 7.17. The number of fused-ring (bicyclic) bond motifs is 1. The summed E-state index contributed by atoms with van der Waals surface area (Å²) in [4.78, 5) is 16.6. The molecule has 0 aliphatic heterocycles. The minimum absolute atomic E-state index is 0.0643. The molecule has 3 rings (SSSR count). The van der Waals surface area contributed by atoms with Gasteiger partial charge >= 0.3 is 6.18 Å². The zero-order chi connectivity index (χ0) is 19.8. The van der Waals surface area contributed by atoms with Gasteiger partial charge in [0.15, 0.2) is 4.80 Å². The summed E-state index contributed by atoms with van der Waals surface area (Å²) >= 11 is 13.4. The predicted octanol–water partition coefficient (Wildman–Crippen LogP) is 5.40. The van der Waals surface area contributed by atoms with Crippen LogP contribution in [0, 0.1) is 12.3 Å². The Morgan fingerprint density at radius 2 is 2.00 bits per heavy atom. The average molecular weight is 429 g/mol. The Morgan fingerprint density at radius 3 is 2.67 bits per heavy atom. The Hall–Kier alpha value is -2.27. The lowest BCUT2D eigenvalue weighted by Crippen LogP contribution is -2.17. The van der Waals surface area contributed by atoms with Gasteiger partial charge in [0, 0.05) is 5.56 Å². The van der Waals surface area contributed by atoms with Crippen molar-refractivity contribution in [3.8, 4) is 12.3 Å². The van der Waals surface area contributed by atoms with Crippen LogP contribution >= 0.6 is 34.5 Å². The molecule has 3 nitrogen and oxygen atoms in total. The number of thiazole rings is 1. The van der Waals surface area contributed by atoms with Crippen LogP contribution in [-0.2, 0) is 12.7 Å². The molecule has 0 saturated carbocycles. The lowest BCUT2D eigenvalue weighted by Gasteiger charge is -2.06. The normalized spacial score (nSPS) is 12.4. The molecule has 0 unspecified atom stereocenters. The van der Waals surface area contributed by atoms with Crippen LogP contribution in [0.1, 0.15) is 15.9 Å². The smallest absolute Gasteiger partial charge is 0.303 e. The van der Waals surface area contributed by atoms with Crippen LogP contribution in [-0.4, -0.2) is 10.5 Å². The molecule has 0 spiro atoms. The van der Waals surface area contributed by atoms with Crippen LogP contribution in [0.2, 0.25) is 10.0 Å². The number of alkyl halides is 3. The summed E-state index contributed by atoms with van der Waals surface area (Å²) in [6, 6.07) is 7.37. The number of amides is 1. The van der Waals surface area contributed by atoms with E-state index >= 15 is 0 Å². The first-order valence-electron chi connectivity index (χ1n) is 7.39. The van der Waals surface area contributed by atoms with Crippen molar-refractivity contribution < 1.29 is 18.0 Å². The van der Waals surface area contributed by atoms with Gasteiger partial charge in [-0.05, 0) is 30.3 Å². The molecule has 1 amide bonds. The van der Waals surface area contributed by atoms with E-state index < -0.39 is 17.6 Å². The predicted molar refractivity (Wildman–Crippen MR) is 100 cm³/mol. The molecule has 1 heterocycles. The third-order valence-corrected chi connectivity index (χ3v) is 5.46. The SMILES string of the molecule is C#CCn1c(=NC(=O)c2cccc(C(F)(F)F)c2)sc2ccc(Cl)c(Cl)c21. The number of halogens is 5. The van der Waals surface area contributed by atoms with Crippen LogP contribution in [0.3, 0.4) is 0 Å². The molecule has 9 heteroatoms. The van der Waals surface area contributed by atoms with Crippen LogP contribution in [0.25, 0.3) is 10.2 Å². The van der Waals surface area contributed by atoms with E-state index in [0.29, 0.717) is 15.2 Å². The second kappa shape index (κ2) is 7.39. The molecule has 0 saturated heterocycles. The zero-order valence-electron chi connectivity index (χ0n) is 13.3. The Labute approximate surface area is 165 Å². The fourth-order valence-electron chi connectivity index (χ4n) is 2.41. The van der Waals surface area contributed by atoms with E-state index in [0.717, 1.165) is 29.5 Å². The summed E-state index contributed by atoms with van der Waals surface area (Å²) < 4.78 is 40.8. The van der Waals surface area contributed by atoms with Crippen molar-refractivity contribution in [3.05, 3.63) is 62.4 Å². The van der Waals surface area contributed by atoms with Gasteiger partial charge in [0.05, 0.1) is 32.4 Å². The van der Waals surface area contributed by atoms with Gasteiger partial charge in [-0.3, -0.25) is 4.79 Å². The number of carbonyl (C=O) groups is 1. The number of hydrogen-bond acceptors (Lipinski definition) is 2. The van der Waals surface area contributed by atoms with Crippen molar-refractivity contribution in [2.75, 3.05) is 0 Å². The number of aromatic nitrogens is 1. The Balaban J connectivity index is 2.16. The number of nitrogens with zero attached hydrogens (tertiary/aromatic N) is 2. The third kappa shape index (κ3) is 3.88. The van der Waals surface area contributed by atoms with Gasteiger partial charge in [0.1, 0.15) is 0 Å². The van der Waals surface area contributed by atoms with Gasteiger partial charge in [-0.15, -0.1) is 6.42 Å². The van der Waals surface area contributed by atoms with Crippen LogP contribution < -0.4 is 4.80 Å². The fraction of sp³-hybridized carbons (Fsp3) is 0.111. The van der Waals surface area contributed by atoms with E-state index in [2.05, 4.69) is 10.9 Å². The summed E-state index contributed by atoms with van der Waals surface area (Å²) in [6.45, 7) is 0.0643. The van der Waals surface area contributed by atoms with Crippen molar-refractivity contribution in [1.29, 1.82) is 0 Å². The number of rotatable bonds is 2. The summed E-state index contributed by atoms with van der Waals surface area (Å²) in [5.74, 6) is 1.62. The van der Waals surface area contributed by atoms with Crippen molar-refractivity contribution in [2.45, 2.75) is 12.7 Å². The molecule has 0 radical (unpaired) electrons. The van der Waals surface area contributed by atoms with Gasteiger partial charge in [-0.25, -0.2) is 0 Å². The number of benzene rings is 2. The standard InChI is InChI=1S/C18H9Cl2F3N2OS/c1-2-8-25-15-13(7-6-12(19)14(15)20)27-17(25)24-16(26)10-4-3-5-11(9-10)18(21,22)23/h1,3-7,9H,8H2. The summed E-state index contributed by atoms with van der Waals surface area (Å²) in [7, 11) is 0. The third-order valence-electron chi connectivity index (χ3n) is 3.62. The molecule has 3 aromatic rings. The summed E-state index contributed by atoms with van der Waals surface area (Å²) in [5.41, 5.74) is -0.590. The zero-order valence-corrected chi connectivity index (χ0v) is 15.7. The second-order valence-electron chi connectivity index (χ2n) is 5.38. The quantitative estimate of drug-likeness (QED) is 0.503. The molecule has 0 atom stereocenters. The Bertz CT molecular complexity index is 1160. The van der Waals surface area contributed by atoms with Crippen LogP contribution in [0.5, 0.6) is 0 Å². The first kappa shape index (κ1) is 19.5. The van der Waals surface area contributed by atoms with E-state index in [-0.39, 0.29) is 21.9 Å². The highest BCUT2D eigenvalue weighted by Gasteiger charge is 2.30. The maximum atomic E-state index is 12.9. The van der Waals surface area contributed by atoms with E-state index in [9.17, 15) is 18.0 Å². The highest BCUT2D eigenvalue weighted by molar-refractivity contribution is 7.16. The van der Waals surface area contributed by atoms with Gasteiger partial charge < -0.3 is 4.57 Å². The molecule has 0 N–H and O–H groups in total.